The molecule has 4 nitrogen and oxygen atoms in total. The summed E-state index contributed by atoms with van der Waals surface area (Å²) >= 11 is 0. The van der Waals surface area contributed by atoms with E-state index in [1.165, 1.54) is 0 Å². The van der Waals surface area contributed by atoms with Crippen molar-refractivity contribution in [1.29, 1.82) is 0 Å². The van der Waals surface area contributed by atoms with Gasteiger partial charge in [0.1, 0.15) is 0 Å². The van der Waals surface area contributed by atoms with Crippen LogP contribution in [0.25, 0.3) is 0 Å². The van der Waals surface area contributed by atoms with Crippen LogP contribution >= 0.6 is 0 Å². The number of phenols is 1. The van der Waals surface area contributed by atoms with E-state index in [0.29, 0.717) is 12.4 Å². The Kier molecular flexibility index (Phi) is 6.12. The molecule has 1 aromatic carbocycles. The van der Waals surface area contributed by atoms with Gasteiger partial charge in [-0.15, -0.1) is 0 Å². The molecule has 0 spiro atoms. The van der Waals surface area contributed by atoms with Crippen LogP contribution in [0.15, 0.2) is 18.2 Å². The van der Waals surface area contributed by atoms with Crippen LogP contribution in [0, 0.1) is 0 Å². The lowest BCUT2D eigenvalue weighted by molar-refractivity contribution is 0.0572. The molecule has 0 radical (unpaired) electrons. The Labute approximate surface area is 115 Å². The number of methoxy groups -OCH3 is 1. The van der Waals surface area contributed by atoms with Crippen molar-refractivity contribution in [2.45, 2.75) is 32.9 Å². The third-order valence-electron chi connectivity index (χ3n) is 3.24. The molecule has 0 saturated carbocycles. The largest absolute Gasteiger partial charge is 0.504 e. The Bertz CT molecular complexity index is 393. The van der Waals surface area contributed by atoms with Crippen LogP contribution in [0.1, 0.15) is 32.4 Å². The predicted octanol–water partition coefficient (Wildman–Crippen LogP) is 2.82. The average molecular weight is 267 g/mol. The molecular weight excluding hydrogens is 242 g/mol. The zero-order chi connectivity index (χ0) is 14.4. The van der Waals surface area contributed by atoms with Crippen molar-refractivity contribution < 1.29 is 14.6 Å². The van der Waals surface area contributed by atoms with Crippen molar-refractivity contribution in [3.05, 3.63) is 23.8 Å². The molecular formula is C15H25NO3. The second-order valence-electron chi connectivity index (χ2n) is 5.01. The SMILES string of the molecule is COc1cc(C(C)N(C)CCOC(C)C)ccc1O. The Morgan fingerprint density at radius 2 is 1.95 bits per heavy atom. The molecule has 1 N–H and O–H groups in total. The minimum Gasteiger partial charge on any atom is -0.504 e. The van der Waals surface area contributed by atoms with Crippen LogP contribution in [0.2, 0.25) is 0 Å². The Hall–Kier alpha value is -1.26. The van der Waals surface area contributed by atoms with Crippen molar-refractivity contribution in [3.8, 4) is 11.5 Å². The number of rotatable bonds is 7. The summed E-state index contributed by atoms with van der Waals surface area (Å²) in [7, 11) is 3.62. The van der Waals surface area contributed by atoms with Crippen LogP contribution in [0.4, 0.5) is 0 Å². The van der Waals surface area contributed by atoms with Gasteiger partial charge in [0, 0.05) is 12.6 Å². The molecule has 0 fully saturated rings. The van der Waals surface area contributed by atoms with Crippen LogP contribution in [0.5, 0.6) is 11.5 Å². The number of aromatic hydroxyl groups is 1. The number of ether oxygens (including phenoxy) is 2. The number of benzene rings is 1. The average Bonchev–Trinajstić information content (AvgIpc) is 2.38. The summed E-state index contributed by atoms with van der Waals surface area (Å²) in [6, 6.07) is 5.70. The highest BCUT2D eigenvalue weighted by molar-refractivity contribution is 5.42. The van der Waals surface area contributed by atoms with Gasteiger partial charge in [-0.1, -0.05) is 6.07 Å². The monoisotopic (exact) mass is 267 g/mol. The first-order valence-electron chi connectivity index (χ1n) is 6.64. The lowest BCUT2D eigenvalue weighted by atomic mass is 10.1. The van der Waals surface area contributed by atoms with Gasteiger partial charge in [0.2, 0.25) is 0 Å². The fourth-order valence-electron chi connectivity index (χ4n) is 1.83. The van der Waals surface area contributed by atoms with Gasteiger partial charge < -0.3 is 14.6 Å². The first-order chi connectivity index (χ1) is 8.95. The van der Waals surface area contributed by atoms with E-state index in [9.17, 15) is 5.11 Å². The van der Waals surface area contributed by atoms with Gasteiger partial charge in [-0.3, -0.25) is 4.90 Å². The lowest BCUT2D eigenvalue weighted by Gasteiger charge is -2.25. The Morgan fingerprint density at radius 3 is 2.53 bits per heavy atom. The molecule has 1 aromatic rings. The normalized spacial score (nSPS) is 13.0. The first-order valence-corrected chi connectivity index (χ1v) is 6.64. The van der Waals surface area contributed by atoms with Gasteiger partial charge in [-0.25, -0.2) is 0 Å². The summed E-state index contributed by atoms with van der Waals surface area (Å²) in [5.74, 6) is 0.681. The van der Waals surface area contributed by atoms with Crippen molar-refractivity contribution in [1.82, 2.24) is 4.90 Å². The Balaban J connectivity index is 2.63. The molecule has 0 aliphatic heterocycles. The summed E-state index contributed by atoms with van der Waals surface area (Å²) in [4.78, 5) is 2.22. The summed E-state index contributed by atoms with van der Waals surface area (Å²) < 4.78 is 10.7. The molecule has 0 aliphatic carbocycles. The summed E-state index contributed by atoms with van der Waals surface area (Å²) in [6.45, 7) is 7.78. The minimum absolute atomic E-state index is 0.171. The maximum Gasteiger partial charge on any atom is 0.160 e. The van der Waals surface area contributed by atoms with Gasteiger partial charge in [0.15, 0.2) is 11.5 Å². The van der Waals surface area contributed by atoms with Crippen LogP contribution < -0.4 is 4.74 Å². The van der Waals surface area contributed by atoms with Crippen molar-refractivity contribution in [2.75, 3.05) is 27.3 Å². The summed E-state index contributed by atoms with van der Waals surface area (Å²) in [6.07, 6.45) is 0.262. The number of likely N-dealkylation sites (N-methyl/N-ethyl adjacent to an activating group) is 1. The van der Waals surface area contributed by atoms with Gasteiger partial charge >= 0.3 is 0 Å². The van der Waals surface area contributed by atoms with E-state index in [-0.39, 0.29) is 17.9 Å². The van der Waals surface area contributed by atoms with Crippen LogP contribution in [-0.2, 0) is 4.74 Å². The van der Waals surface area contributed by atoms with Gasteiger partial charge in [-0.2, -0.15) is 0 Å². The molecule has 1 unspecified atom stereocenters. The highest BCUT2D eigenvalue weighted by Crippen LogP contribution is 2.30. The molecule has 1 rings (SSSR count). The van der Waals surface area contributed by atoms with E-state index in [4.69, 9.17) is 9.47 Å². The second-order valence-corrected chi connectivity index (χ2v) is 5.01. The maximum atomic E-state index is 9.60. The molecule has 0 aliphatic rings. The highest BCUT2D eigenvalue weighted by Gasteiger charge is 2.13. The van der Waals surface area contributed by atoms with E-state index in [0.717, 1.165) is 12.1 Å². The van der Waals surface area contributed by atoms with E-state index in [1.807, 2.05) is 26.0 Å². The predicted molar refractivity (Wildman–Crippen MR) is 76.8 cm³/mol. The molecule has 0 bridgehead atoms. The van der Waals surface area contributed by atoms with Crippen LogP contribution in [-0.4, -0.2) is 43.4 Å². The Morgan fingerprint density at radius 1 is 1.26 bits per heavy atom. The van der Waals surface area contributed by atoms with Crippen LogP contribution in [0.3, 0.4) is 0 Å². The molecule has 108 valence electrons. The van der Waals surface area contributed by atoms with E-state index < -0.39 is 0 Å². The van der Waals surface area contributed by atoms with Crippen molar-refractivity contribution >= 4 is 0 Å². The number of hydrogen-bond acceptors (Lipinski definition) is 4. The zero-order valence-electron chi connectivity index (χ0n) is 12.5. The number of hydrogen-bond donors (Lipinski definition) is 1. The molecule has 0 heterocycles. The molecule has 0 amide bonds. The van der Waals surface area contributed by atoms with Crippen molar-refractivity contribution in [2.24, 2.45) is 0 Å². The summed E-state index contributed by atoms with van der Waals surface area (Å²) in [5.41, 5.74) is 1.11. The molecule has 19 heavy (non-hydrogen) atoms. The van der Waals surface area contributed by atoms with Gasteiger partial charge in [-0.05, 0) is 45.5 Å². The summed E-state index contributed by atoms with van der Waals surface area (Å²) in [5, 5.41) is 9.60. The maximum absolute atomic E-state index is 9.60. The van der Waals surface area contributed by atoms with Gasteiger partial charge in [0.05, 0.1) is 19.8 Å². The fourth-order valence-corrected chi connectivity index (χ4v) is 1.83. The first kappa shape index (κ1) is 15.8. The molecule has 0 aromatic heterocycles. The highest BCUT2D eigenvalue weighted by atomic mass is 16.5. The van der Waals surface area contributed by atoms with E-state index >= 15 is 0 Å². The quantitative estimate of drug-likeness (QED) is 0.825. The minimum atomic E-state index is 0.171. The smallest absolute Gasteiger partial charge is 0.160 e. The third kappa shape index (κ3) is 4.73. The van der Waals surface area contributed by atoms with E-state index in [2.05, 4.69) is 18.9 Å². The number of nitrogens with zero attached hydrogens (tertiary/aromatic N) is 1. The topological polar surface area (TPSA) is 41.9 Å². The fraction of sp³-hybridized carbons (Fsp3) is 0.600. The zero-order valence-corrected chi connectivity index (χ0v) is 12.5. The second kappa shape index (κ2) is 7.36. The molecule has 1 atom stereocenters. The number of phenolic OH excluding ortho intramolecular Hbond substituents is 1. The third-order valence-corrected chi connectivity index (χ3v) is 3.24. The molecule has 4 heteroatoms. The lowest BCUT2D eigenvalue weighted by Crippen LogP contribution is -2.27. The van der Waals surface area contributed by atoms with Gasteiger partial charge in [0.25, 0.3) is 0 Å². The van der Waals surface area contributed by atoms with E-state index in [1.54, 1.807) is 13.2 Å². The molecule has 0 saturated heterocycles. The van der Waals surface area contributed by atoms with Crippen molar-refractivity contribution in [3.63, 3.8) is 0 Å². The standard InChI is InChI=1S/C15H25NO3/c1-11(2)19-9-8-16(4)12(3)13-6-7-14(17)15(10-13)18-5/h6-7,10-12,17H,8-9H2,1-5H3.